The molecule has 0 saturated carbocycles. The predicted octanol–water partition coefficient (Wildman–Crippen LogP) is 2.32. The number of anilines is 2. The van der Waals surface area contributed by atoms with Crippen LogP contribution in [0.2, 0.25) is 0 Å². The van der Waals surface area contributed by atoms with Gasteiger partial charge in [0.2, 0.25) is 0 Å². The van der Waals surface area contributed by atoms with E-state index in [1.54, 1.807) is 12.3 Å². The zero-order chi connectivity index (χ0) is 11.8. The Morgan fingerprint density at radius 3 is 2.82 bits per heavy atom. The first kappa shape index (κ1) is 10.1. The maximum absolute atomic E-state index is 13.6. The van der Waals surface area contributed by atoms with Gasteiger partial charge in [-0.05, 0) is 29.3 Å². The molecule has 2 N–H and O–H groups in total. The number of pyridine rings is 1. The Labute approximate surface area is 98.7 Å². The summed E-state index contributed by atoms with van der Waals surface area (Å²) in [6.45, 7) is 1.41. The Morgan fingerprint density at radius 2 is 2.00 bits per heavy atom. The number of hydrogen-bond acceptors (Lipinski definition) is 3. The normalized spacial score (nSPS) is 13.8. The van der Waals surface area contributed by atoms with Crippen LogP contribution >= 0.6 is 0 Å². The molecule has 0 amide bonds. The standard InChI is InChI=1S/C13H12FN3/c14-12-6-16-4-3-13(12)17-7-9-1-2-11(15)5-10(9)8-17/h1-6H,7-8,15H2. The van der Waals surface area contributed by atoms with Gasteiger partial charge in [-0.25, -0.2) is 4.39 Å². The lowest BCUT2D eigenvalue weighted by Gasteiger charge is -2.17. The predicted molar refractivity (Wildman–Crippen MR) is 64.9 cm³/mol. The second kappa shape index (κ2) is 3.73. The molecule has 0 aliphatic carbocycles. The summed E-state index contributed by atoms with van der Waals surface area (Å²) in [7, 11) is 0. The number of nitrogens with zero attached hydrogens (tertiary/aromatic N) is 2. The highest BCUT2D eigenvalue weighted by Gasteiger charge is 2.21. The van der Waals surface area contributed by atoms with Gasteiger partial charge < -0.3 is 10.6 Å². The first-order valence-corrected chi connectivity index (χ1v) is 5.46. The number of hydrogen-bond donors (Lipinski definition) is 1. The summed E-state index contributed by atoms with van der Waals surface area (Å²) in [6.07, 6.45) is 2.85. The van der Waals surface area contributed by atoms with Crippen LogP contribution in [0.5, 0.6) is 0 Å². The topological polar surface area (TPSA) is 42.1 Å². The first-order valence-electron chi connectivity index (χ1n) is 5.46. The van der Waals surface area contributed by atoms with Crippen molar-refractivity contribution in [1.82, 2.24) is 4.98 Å². The molecule has 2 heterocycles. The van der Waals surface area contributed by atoms with Gasteiger partial charge in [-0.1, -0.05) is 6.07 Å². The van der Waals surface area contributed by atoms with E-state index in [-0.39, 0.29) is 5.82 Å². The maximum Gasteiger partial charge on any atom is 0.164 e. The Hall–Kier alpha value is -2.10. The molecule has 2 aromatic rings. The monoisotopic (exact) mass is 229 g/mol. The number of rotatable bonds is 1. The van der Waals surface area contributed by atoms with Crippen LogP contribution < -0.4 is 10.6 Å². The minimum Gasteiger partial charge on any atom is -0.399 e. The summed E-state index contributed by atoms with van der Waals surface area (Å²) in [5, 5.41) is 0. The van der Waals surface area contributed by atoms with E-state index in [2.05, 4.69) is 4.98 Å². The summed E-state index contributed by atoms with van der Waals surface area (Å²) in [5.74, 6) is -0.284. The van der Waals surface area contributed by atoms with Crippen LogP contribution in [0, 0.1) is 5.82 Å². The van der Waals surface area contributed by atoms with Crippen molar-refractivity contribution in [2.45, 2.75) is 13.1 Å². The Morgan fingerprint density at radius 1 is 1.18 bits per heavy atom. The summed E-state index contributed by atoms with van der Waals surface area (Å²) in [6, 6.07) is 7.54. The molecule has 0 spiro atoms. The van der Waals surface area contributed by atoms with Crippen molar-refractivity contribution >= 4 is 11.4 Å². The van der Waals surface area contributed by atoms with Gasteiger partial charge in [-0.2, -0.15) is 0 Å². The number of aromatic nitrogens is 1. The van der Waals surface area contributed by atoms with Gasteiger partial charge in [0.15, 0.2) is 5.82 Å². The average molecular weight is 229 g/mol. The molecule has 17 heavy (non-hydrogen) atoms. The van der Waals surface area contributed by atoms with E-state index < -0.39 is 0 Å². The lowest BCUT2D eigenvalue weighted by atomic mass is 10.1. The smallest absolute Gasteiger partial charge is 0.164 e. The van der Waals surface area contributed by atoms with Crippen molar-refractivity contribution < 1.29 is 4.39 Å². The van der Waals surface area contributed by atoms with Gasteiger partial charge in [0.05, 0.1) is 11.9 Å². The number of benzene rings is 1. The van der Waals surface area contributed by atoms with Gasteiger partial charge in [0, 0.05) is 25.0 Å². The van der Waals surface area contributed by atoms with Gasteiger partial charge in [0.25, 0.3) is 0 Å². The van der Waals surface area contributed by atoms with E-state index in [4.69, 9.17) is 5.73 Å². The minimum atomic E-state index is -0.284. The molecule has 1 aliphatic rings. The molecule has 1 aromatic heterocycles. The molecule has 0 unspecified atom stereocenters. The fourth-order valence-electron chi connectivity index (χ4n) is 2.21. The average Bonchev–Trinajstić information content (AvgIpc) is 2.72. The van der Waals surface area contributed by atoms with Crippen LogP contribution in [0.15, 0.2) is 36.7 Å². The molecule has 1 aliphatic heterocycles. The third-order valence-electron chi connectivity index (χ3n) is 3.04. The SMILES string of the molecule is Nc1ccc2c(c1)CN(c1ccncc1F)C2. The molecule has 1 aromatic carbocycles. The van der Waals surface area contributed by atoms with Crippen molar-refractivity contribution in [2.24, 2.45) is 0 Å². The van der Waals surface area contributed by atoms with Crippen LogP contribution in [-0.4, -0.2) is 4.98 Å². The van der Waals surface area contributed by atoms with Crippen LogP contribution in [0.25, 0.3) is 0 Å². The van der Waals surface area contributed by atoms with Crippen molar-refractivity contribution in [3.8, 4) is 0 Å². The van der Waals surface area contributed by atoms with Crippen LogP contribution in [0.4, 0.5) is 15.8 Å². The number of halogens is 1. The number of fused-ring (bicyclic) bond motifs is 1. The highest BCUT2D eigenvalue weighted by Crippen LogP contribution is 2.30. The van der Waals surface area contributed by atoms with Crippen LogP contribution in [0.3, 0.4) is 0 Å². The molecule has 4 heteroatoms. The summed E-state index contributed by atoms with van der Waals surface area (Å²) in [4.78, 5) is 5.75. The largest absolute Gasteiger partial charge is 0.399 e. The molecule has 0 saturated heterocycles. The van der Waals surface area contributed by atoms with E-state index in [0.29, 0.717) is 12.2 Å². The van der Waals surface area contributed by atoms with Gasteiger partial charge >= 0.3 is 0 Å². The second-order valence-electron chi connectivity index (χ2n) is 4.21. The zero-order valence-corrected chi connectivity index (χ0v) is 9.23. The Kier molecular flexibility index (Phi) is 2.21. The van der Waals surface area contributed by atoms with Crippen molar-refractivity contribution in [2.75, 3.05) is 10.6 Å². The molecule has 0 bridgehead atoms. The third kappa shape index (κ3) is 1.71. The highest BCUT2D eigenvalue weighted by molar-refractivity contribution is 5.55. The van der Waals surface area contributed by atoms with Crippen LogP contribution in [-0.2, 0) is 13.1 Å². The molecular weight excluding hydrogens is 217 g/mol. The molecule has 3 rings (SSSR count). The summed E-state index contributed by atoms with van der Waals surface area (Å²) >= 11 is 0. The Bertz CT molecular complexity index is 568. The second-order valence-corrected chi connectivity index (χ2v) is 4.21. The zero-order valence-electron chi connectivity index (χ0n) is 9.23. The fraction of sp³-hybridized carbons (Fsp3) is 0.154. The van der Waals surface area contributed by atoms with E-state index in [0.717, 1.165) is 12.2 Å². The highest BCUT2D eigenvalue weighted by atomic mass is 19.1. The van der Waals surface area contributed by atoms with Crippen molar-refractivity contribution in [1.29, 1.82) is 0 Å². The van der Waals surface area contributed by atoms with E-state index in [9.17, 15) is 4.39 Å². The van der Waals surface area contributed by atoms with Gasteiger partial charge in [-0.3, -0.25) is 4.98 Å². The Balaban J connectivity index is 1.94. The summed E-state index contributed by atoms with van der Waals surface area (Å²) in [5.41, 5.74) is 9.46. The quantitative estimate of drug-likeness (QED) is 0.763. The molecule has 0 fully saturated rings. The van der Waals surface area contributed by atoms with E-state index >= 15 is 0 Å². The third-order valence-corrected chi connectivity index (χ3v) is 3.04. The van der Waals surface area contributed by atoms with Gasteiger partial charge in [0.1, 0.15) is 0 Å². The lowest BCUT2D eigenvalue weighted by molar-refractivity contribution is 0.613. The molecule has 0 atom stereocenters. The first-order chi connectivity index (χ1) is 8.24. The van der Waals surface area contributed by atoms with Gasteiger partial charge in [-0.15, -0.1) is 0 Å². The number of nitrogen functional groups attached to an aromatic ring is 1. The molecule has 86 valence electrons. The van der Waals surface area contributed by atoms with E-state index in [1.807, 2.05) is 23.1 Å². The molecule has 3 nitrogen and oxygen atoms in total. The molecular formula is C13H12FN3. The van der Waals surface area contributed by atoms with E-state index in [1.165, 1.54) is 17.3 Å². The number of nitrogens with two attached hydrogens (primary N) is 1. The minimum absolute atomic E-state index is 0.284. The van der Waals surface area contributed by atoms with Crippen LogP contribution in [0.1, 0.15) is 11.1 Å². The maximum atomic E-state index is 13.6. The lowest BCUT2D eigenvalue weighted by Crippen LogP contribution is -2.15. The van der Waals surface area contributed by atoms with Crippen molar-refractivity contribution in [3.63, 3.8) is 0 Å². The fourth-order valence-corrected chi connectivity index (χ4v) is 2.21. The summed E-state index contributed by atoms with van der Waals surface area (Å²) < 4.78 is 13.6. The molecule has 0 radical (unpaired) electrons. The van der Waals surface area contributed by atoms with Crippen molar-refractivity contribution in [3.05, 3.63) is 53.6 Å².